The SMILES string of the molecule is CCN1CCCC1CN=C(N)NC1CC(OC)C1(C)C. The number of nitrogens with one attached hydrogen (secondary N) is 1. The van der Waals surface area contributed by atoms with E-state index in [1.54, 1.807) is 7.11 Å². The molecule has 3 unspecified atom stereocenters. The minimum atomic E-state index is 0.123. The van der Waals surface area contributed by atoms with Crippen molar-refractivity contribution >= 4 is 5.96 Å². The Morgan fingerprint density at radius 1 is 1.50 bits per heavy atom. The summed E-state index contributed by atoms with van der Waals surface area (Å²) in [6.07, 6.45) is 3.85. The van der Waals surface area contributed by atoms with Gasteiger partial charge in [0, 0.05) is 24.6 Å². The summed E-state index contributed by atoms with van der Waals surface area (Å²) >= 11 is 0. The molecule has 2 rings (SSSR count). The molecule has 1 saturated carbocycles. The van der Waals surface area contributed by atoms with Crippen LogP contribution in [0.1, 0.15) is 40.0 Å². The van der Waals surface area contributed by atoms with Crippen molar-refractivity contribution in [1.82, 2.24) is 10.2 Å². The van der Waals surface area contributed by atoms with Crippen LogP contribution < -0.4 is 11.1 Å². The van der Waals surface area contributed by atoms with Crippen molar-refractivity contribution in [2.45, 2.75) is 58.2 Å². The van der Waals surface area contributed by atoms with E-state index in [1.807, 2.05) is 0 Å². The van der Waals surface area contributed by atoms with Crippen LogP contribution in [-0.4, -0.2) is 55.8 Å². The van der Waals surface area contributed by atoms with E-state index in [4.69, 9.17) is 10.5 Å². The van der Waals surface area contributed by atoms with E-state index in [1.165, 1.54) is 19.4 Å². The van der Waals surface area contributed by atoms with E-state index in [9.17, 15) is 0 Å². The van der Waals surface area contributed by atoms with Crippen molar-refractivity contribution in [3.8, 4) is 0 Å². The molecule has 5 heteroatoms. The van der Waals surface area contributed by atoms with Crippen LogP contribution in [-0.2, 0) is 4.74 Å². The number of guanidine groups is 1. The van der Waals surface area contributed by atoms with Crippen LogP contribution in [0.5, 0.6) is 0 Å². The highest BCUT2D eigenvalue weighted by molar-refractivity contribution is 5.78. The van der Waals surface area contributed by atoms with Gasteiger partial charge < -0.3 is 15.8 Å². The maximum Gasteiger partial charge on any atom is 0.188 e. The minimum Gasteiger partial charge on any atom is -0.381 e. The molecule has 3 N–H and O–H groups in total. The molecule has 0 amide bonds. The second kappa shape index (κ2) is 6.31. The minimum absolute atomic E-state index is 0.123. The van der Waals surface area contributed by atoms with Crippen molar-refractivity contribution in [3.05, 3.63) is 0 Å². The fourth-order valence-electron chi connectivity index (χ4n) is 3.48. The average molecular weight is 282 g/mol. The lowest BCUT2D eigenvalue weighted by atomic mass is 9.64. The highest BCUT2D eigenvalue weighted by Crippen LogP contribution is 2.42. The van der Waals surface area contributed by atoms with Gasteiger partial charge in [-0.3, -0.25) is 9.89 Å². The van der Waals surface area contributed by atoms with Gasteiger partial charge in [0.25, 0.3) is 0 Å². The Morgan fingerprint density at radius 3 is 2.85 bits per heavy atom. The largest absolute Gasteiger partial charge is 0.381 e. The number of methoxy groups -OCH3 is 1. The predicted molar refractivity (Wildman–Crippen MR) is 82.9 cm³/mol. The van der Waals surface area contributed by atoms with Gasteiger partial charge in [-0.1, -0.05) is 20.8 Å². The quantitative estimate of drug-likeness (QED) is 0.587. The first kappa shape index (κ1) is 15.6. The van der Waals surface area contributed by atoms with E-state index in [2.05, 4.69) is 36.0 Å². The van der Waals surface area contributed by atoms with Gasteiger partial charge in [0.15, 0.2) is 5.96 Å². The summed E-state index contributed by atoms with van der Waals surface area (Å²) in [6, 6.07) is 0.934. The molecule has 1 saturated heterocycles. The Balaban J connectivity index is 1.80. The molecule has 20 heavy (non-hydrogen) atoms. The Bertz CT molecular complexity index is 356. The first-order valence-corrected chi connectivity index (χ1v) is 7.82. The zero-order valence-corrected chi connectivity index (χ0v) is 13.4. The third-order valence-corrected chi connectivity index (χ3v) is 5.16. The van der Waals surface area contributed by atoms with Crippen LogP contribution in [0.4, 0.5) is 0 Å². The van der Waals surface area contributed by atoms with E-state index in [0.717, 1.165) is 19.5 Å². The van der Waals surface area contributed by atoms with Crippen molar-refractivity contribution in [1.29, 1.82) is 0 Å². The Hall–Kier alpha value is -0.810. The highest BCUT2D eigenvalue weighted by atomic mass is 16.5. The first-order valence-electron chi connectivity index (χ1n) is 7.82. The lowest BCUT2D eigenvalue weighted by molar-refractivity contribution is -0.0921. The summed E-state index contributed by atoms with van der Waals surface area (Å²) in [5, 5.41) is 3.36. The third-order valence-electron chi connectivity index (χ3n) is 5.16. The Morgan fingerprint density at radius 2 is 2.25 bits per heavy atom. The Kier molecular flexibility index (Phi) is 4.91. The molecule has 116 valence electrons. The second-order valence-electron chi connectivity index (χ2n) is 6.63. The molecule has 2 aliphatic rings. The summed E-state index contributed by atoms with van der Waals surface area (Å²) in [7, 11) is 1.78. The molecule has 0 aromatic rings. The molecule has 0 spiro atoms. The summed E-state index contributed by atoms with van der Waals surface area (Å²) in [4.78, 5) is 7.03. The van der Waals surface area contributed by atoms with Crippen LogP contribution in [0.15, 0.2) is 4.99 Å². The molecule has 2 fully saturated rings. The lowest BCUT2D eigenvalue weighted by Gasteiger charge is -2.51. The number of rotatable bonds is 5. The number of likely N-dealkylation sites (N-methyl/N-ethyl adjacent to an activating group) is 1. The molecular formula is C15H30N4O. The van der Waals surface area contributed by atoms with Gasteiger partial charge in [0.1, 0.15) is 0 Å². The molecule has 3 atom stereocenters. The fourth-order valence-corrected chi connectivity index (χ4v) is 3.48. The predicted octanol–water partition coefficient (Wildman–Crippen LogP) is 1.19. The summed E-state index contributed by atoms with van der Waals surface area (Å²) in [6.45, 7) is 9.77. The average Bonchev–Trinajstić information content (AvgIpc) is 2.88. The van der Waals surface area contributed by atoms with Crippen molar-refractivity contribution in [3.63, 3.8) is 0 Å². The first-order chi connectivity index (χ1) is 9.48. The second-order valence-corrected chi connectivity index (χ2v) is 6.63. The number of likely N-dealkylation sites (tertiary alicyclic amines) is 1. The summed E-state index contributed by atoms with van der Waals surface area (Å²) < 4.78 is 5.46. The maximum absolute atomic E-state index is 6.04. The topological polar surface area (TPSA) is 62.9 Å². The van der Waals surface area contributed by atoms with Crippen molar-refractivity contribution in [2.24, 2.45) is 16.1 Å². The maximum atomic E-state index is 6.04. The molecule has 0 aromatic carbocycles. The van der Waals surface area contributed by atoms with Gasteiger partial charge in [0.05, 0.1) is 12.6 Å². The lowest BCUT2D eigenvalue weighted by Crippen LogP contribution is -2.62. The summed E-state index contributed by atoms with van der Waals surface area (Å²) in [5.74, 6) is 0.584. The van der Waals surface area contributed by atoms with Crippen LogP contribution >= 0.6 is 0 Å². The van der Waals surface area contributed by atoms with Gasteiger partial charge in [-0.2, -0.15) is 0 Å². The number of aliphatic imine (C=N–C) groups is 1. The van der Waals surface area contributed by atoms with E-state index < -0.39 is 0 Å². The van der Waals surface area contributed by atoms with Gasteiger partial charge in [-0.15, -0.1) is 0 Å². The summed E-state index contributed by atoms with van der Waals surface area (Å²) in [5.41, 5.74) is 6.16. The third kappa shape index (κ3) is 3.09. The normalized spacial score (nSPS) is 34.0. The molecular weight excluding hydrogens is 252 g/mol. The molecule has 0 bridgehead atoms. The van der Waals surface area contributed by atoms with Crippen LogP contribution in [0.25, 0.3) is 0 Å². The zero-order chi connectivity index (χ0) is 14.8. The molecule has 5 nitrogen and oxygen atoms in total. The standard InChI is InChI=1S/C15H30N4O/c1-5-19-8-6-7-11(19)10-17-14(16)18-12-9-13(20-4)15(12,2)3/h11-13H,5-10H2,1-4H3,(H3,16,17,18). The van der Waals surface area contributed by atoms with Crippen LogP contribution in [0, 0.1) is 5.41 Å². The van der Waals surface area contributed by atoms with Crippen molar-refractivity contribution in [2.75, 3.05) is 26.7 Å². The number of ether oxygens (including phenoxy) is 1. The van der Waals surface area contributed by atoms with Gasteiger partial charge in [0.2, 0.25) is 0 Å². The van der Waals surface area contributed by atoms with E-state index in [0.29, 0.717) is 24.1 Å². The van der Waals surface area contributed by atoms with Gasteiger partial charge >= 0.3 is 0 Å². The molecule has 1 heterocycles. The highest BCUT2D eigenvalue weighted by Gasteiger charge is 2.48. The monoisotopic (exact) mass is 282 g/mol. The molecule has 0 radical (unpaired) electrons. The molecule has 1 aliphatic heterocycles. The van der Waals surface area contributed by atoms with E-state index >= 15 is 0 Å². The fraction of sp³-hybridized carbons (Fsp3) is 0.933. The smallest absolute Gasteiger partial charge is 0.188 e. The van der Waals surface area contributed by atoms with Crippen LogP contribution in [0.3, 0.4) is 0 Å². The number of hydrogen-bond acceptors (Lipinski definition) is 3. The van der Waals surface area contributed by atoms with Gasteiger partial charge in [-0.25, -0.2) is 0 Å². The van der Waals surface area contributed by atoms with Crippen molar-refractivity contribution < 1.29 is 4.74 Å². The van der Waals surface area contributed by atoms with E-state index in [-0.39, 0.29) is 5.41 Å². The number of nitrogens with zero attached hydrogens (tertiary/aromatic N) is 2. The number of nitrogens with two attached hydrogens (primary N) is 1. The Labute approximate surface area is 122 Å². The van der Waals surface area contributed by atoms with Crippen LogP contribution in [0.2, 0.25) is 0 Å². The number of hydrogen-bond donors (Lipinski definition) is 2. The molecule has 1 aliphatic carbocycles. The molecule has 0 aromatic heterocycles. The zero-order valence-electron chi connectivity index (χ0n) is 13.4. The van der Waals surface area contributed by atoms with Gasteiger partial charge in [-0.05, 0) is 32.4 Å².